The summed E-state index contributed by atoms with van der Waals surface area (Å²) in [6, 6.07) is 7.37. The molecule has 0 aliphatic carbocycles. The van der Waals surface area contributed by atoms with Gasteiger partial charge in [0.2, 0.25) is 0 Å². The molecule has 0 atom stereocenters. The first kappa shape index (κ1) is 10.1. The van der Waals surface area contributed by atoms with Gasteiger partial charge in [-0.25, -0.2) is 4.98 Å². The molecule has 3 rings (SSSR count). The average molecular weight is 245 g/mol. The Balaban J connectivity index is 2.33. The van der Waals surface area contributed by atoms with E-state index < -0.39 is 0 Å². The van der Waals surface area contributed by atoms with E-state index in [1.54, 1.807) is 18.5 Å². The lowest BCUT2D eigenvalue weighted by atomic mass is 10.2. The zero-order chi connectivity index (χ0) is 11.8. The molecule has 0 saturated heterocycles. The fourth-order valence-corrected chi connectivity index (χ4v) is 2.13. The molecular formula is C12H9ClN4. The molecule has 84 valence electrons. The molecule has 4 nitrogen and oxygen atoms in total. The molecule has 5 heteroatoms. The number of aromatic amines is 1. The van der Waals surface area contributed by atoms with E-state index in [0.29, 0.717) is 16.4 Å². The SMILES string of the molecule is Nc1ccnc2[nH]c(-c3ccccn3)c(Cl)c12. The minimum atomic E-state index is 0.560. The summed E-state index contributed by atoms with van der Waals surface area (Å²) < 4.78 is 0. The monoisotopic (exact) mass is 244 g/mol. The standard InChI is InChI=1S/C12H9ClN4/c13-10-9-7(14)4-6-16-12(9)17-11(10)8-3-1-2-5-15-8/h1-6H,(H3,14,16,17). The predicted octanol–water partition coefficient (Wildman–Crippen LogP) is 2.86. The van der Waals surface area contributed by atoms with Gasteiger partial charge in [-0.05, 0) is 18.2 Å². The van der Waals surface area contributed by atoms with E-state index in [9.17, 15) is 0 Å². The van der Waals surface area contributed by atoms with Gasteiger partial charge in [0.1, 0.15) is 5.65 Å². The summed E-state index contributed by atoms with van der Waals surface area (Å²) in [5.41, 5.74) is 8.69. The highest BCUT2D eigenvalue weighted by Crippen LogP contribution is 2.35. The van der Waals surface area contributed by atoms with Crippen molar-refractivity contribution in [3.8, 4) is 11.4 Å². The molecule has 0 radical (unpaired) electrons. The third-order valence-electron chi connectivity index (χ3n) is 2.59. The van der Waals surface area contributed by atoms with Gasteiger partial charge in [0.05, 0.1) is 21.8 Å². The van der Waals surface area contributed by atoms with E-state index in [1.165, 1.54) is 0 Å². The van der Waals surface area contributed by atoms with Crippen LogP contribution in [0.2, 0.25) is 5.02 Å². The summed E-state index contributed by atoms with van der Waals surface area (Å²) in [4.78, 5) is 11.6. The number of fused-ring (bicyclic) bond motifs is 1. The van der Waals surface area contributed by atoms with E-state index in [2.05, 4.69) is 15.0 Å². The molecular weight excluding hydrogens is 236 g/mol. The first-order valence-electron chi connectivity index (χ1n) is 5.10. The molecule has 3 aromatic heterocycles. The van der Waals surface area contributed by atoms with Gasteiger partial charge < -0.3 is 10.7 Å². The van der Waals surface area contributed by atoms with Crippen LogP contribution in [0, 0.1) is 0 Å². The predicted molar refractivity (Wildman–Crippen MR) is 68.7 cm³/mol. The second-order valence-corrected chi connectivity index (χ2v) is 4.03. The van der Waals surface area contributed by atoms with Crippen molar-refractivity contribution in [2.45, 2.75) is 0 Å². The number of nitrogens with one attached hydrogen (secondary N) is 1. The Morgan fingerprint density at radius 3 is 2.71 bits per heavy atom. The summed E-state index contributed by atoms with van der Waals surface area (Å²) in [5.74, 6) is 0. The van der Waals surface area contributed by atoms with Crippen molar-refractivity contribution in [2.75, 3.05) is 5.73 Å². The number of rotatable bonds is 1. The van der Waals surface area contributed by atoms with Crippen LogP contribution in [0.3, 0.4) is 0 Å². The normalized spacial score (nSPS) is 10.9. The maximum absolute atomic E-state index is 6.31. The zero-order valence-corrected chi connectivity index (χ0v) is 9.57. The van der Waals surface area contributed by atoms with E-state index in [0.717, 1.165) is 16.8 Å². The summed E-state index contributed by atoms with van der Waals surface area (Å²) in [5, 5.41) is 1.30. The molecule has 3 heterocycles. The van der Waals surface area contributed by atoms with Gasteiger partial charge in [-0.1, -0.05) is 17.7 Å². The lowest BCUT2D eigenvalue weighted by Crippen LogP contribution is -1.86. The van der Waals surface area contributed by atoms with Gasteiger partial charge in [-0.2, -0.15) is 0 Å². The lowest BCUT2D eigenvalue weighted by molar-refractivity contribution is 1.27. The lowest BCUT2D eigenvalue weighted by Gasteiger charge is -1.97. The van der Waals surface area contributed by atoms with Crippen molar-refractivity contribution in [3.05, 3.63) is 41.7 Å². The quantitative estimate of drug-likeness (QED) is 0.692. The van der Waals surface area contributed by atoms with Crippen molar-refractivity contribution >= 4 is 28.3 Å². The van der Waals surface area contributed by atoms with E-state index in [-0.39, 0.29) is 0 Å². The molecule has 0 fully saturated rings. The maximum Gasteiger partial charge on any atom is 0.141 e. The second-order valence-electron chi connectivity index (χ2n) is 3.65. The molecule has 3 aromatic rings. The minimum absolute atomic E-state index is 0.560. The van der Waals surface area contributed by atoms with Crippen molar-refractivity contribution in [3.63, 3.8) is 0 Å². The van der Waals surface area contributed by atoms with Crippen LogP contribution in [-0.4, -0.2) is 15.0 Å². The Bertz CT molecular complexity index is 676. The van der Waals surface area contributed by atoms with E-state index in [4.69, 9.17) is 17.3 Å². The number of nitrogens with zero attached hydrogens (tertiary/aromatic N) is 2. The second kappa shape index (κ2) is 3.75. The largest absolute Gasteiger partial charge is 0.398 e. The van der Waals surface area contributed by atoms with Gasteiger partial charge >= 0.3 is 0 Å². The fourth-order valence-electron chi connectivity index (χ4n) is 1.79. The maximum atomic E-state index is 6.31. The number of anilines is 1. The summed E-state index contributed by atoms with van der Waals surface area (Å²) in [6.07, 6.45) is 3.36. The summed E-state index contributed by atoms with van der Waals surface area (Å²) in [7, 11) is 0. The Hall–Kier alpha value is -2.07. The van der Waals surface area contributed by atoms with Gasteiger partial charge in [0.15, 0.2) is 0 Å². The average Bonchev–Trinajstić information content (AvgIpc) is 2.69. The Labute approximate surface area is 102 Å². The molecule has 0 aromatic carbocycles. The third-order valence-corrected chi connectivity index (χ3v) is 2.96. The molecule has 17 heavy (non-hydrogen) atoms. The molecule has 0 bridgehead atoms. The van der Waals surface area contributed by atoms with Gasteiger partial charge in [0, 0.05) is 18.1 Å². The Morgan fingerprint density at radius 2 is 2.00 bits per heavy atom. The smallest absolute Gasteiger partial charge is 0.141 e. The number of nitrogen functional groups attached to an aromatic ring is 1. The minimum Gasteiger partial charge on any atom is -0.398 e. The van der Waals surface area contributed by atoms with Gasteiger partial charge in [-0.3, -0.25) is 4.98 Å². The first-order valence-corrected chi connectivity index (χ1v) is 5.48. The topological polar surface area (TPSA) is 67.6 Å². The highest BCUT2D eigenvalue weighted by molar-refractivity contribution is 6.39. The van der Waals surface area contributed by atoms with Crippen LogP contribution >= 0.6 is 11.6 Å². The highest BCUT2D eigenvalue weighted by atomic mass is 35.5. The Morgan fingerprint density at radius 1 is 1.12 bits per heavy atom. The van der Waals surface area contributed by atoms with Crippen LogP contribution in [0.1, 0.15) is 0 Å². The number of hydrogen-bond donors (Lipinski definition) is 2. The van der Waals surface area contributed by atoms with Crippen molar-refractivity contribution in [1.29, 1.82) is 0 Å². The molecule has 0 unspecified atom stereocenters. The van der Waals surface area contributed by atoms with Crippen molar-refractivity contribution in [2.24, 2.45) is 0 Å². The van der Waals surface area contributed by atoms with Crippen LogP contribution in [0.5, 0.6) is 0 Å². The molecule has 0 aliphatic rings. The van der Waals surface area contributed by atoms with Crippen LogP contribution in [0.25, 0.3) is 22.4 Å². The number of aromatic nitrogens is 3. The van der Waals surface area contributed by atoms with Crippen LogP contribution < -0.4 is 5.73 Å². The van der Waals surface area contributed by atoms with Crippen molar-refractivity contribution < 1.29 is 0 Å². The van der Waals surface area contributed by atoms with Crippen molar-refractivity contribution in [1.82, 2.24) is 15.0 Å². The molecule has 0 amide bonds. The molecule has 0 aliphatic heterocycles. The molecule has 0 saturated carbocycles. The third kappa shape index (κ3) is 1.54. The number of H-pyrrole nitrogens is 1. The zero-order valence-electron chi connectivity index (χ0n) is 8.81. The van der Waals surface area contributed by atoms with Gasteiger partial charge in [0.25, 0.3) is 0 Å². The molecule has 3 N–H and O–H groups in total. The molecule has 0 spiro atoms. The van der Waals surface area contributed by atoms with Crippen LogP contribution in [0.4, 0.5) is 5.69 Å². The highest BCUT2D eigenvalue weighted by Gasteiger charge is 2.14. The summed E-state index contributed by atoms with van der Waals surface area (Å²) in [6.45, 7) is 0. The van der Waals surface area contributed by atoms with E-state index in [1.807, 2.05) is 18.2 Å². The van der Waals surface area contributed by atoms with E-state index >= 15 is 0 Å². The number of pyridine rings is 2. The fraction of sp³-hybridized carbons (Fsp3) is 0. The Kier molecular flexibility index (Phi) is 2.23. The van der Waals surface area contributed by atoms with Crippen LogP contribution in [-0.2, 0) is 0 Å². The number of nitrogens with two attached hydrogens (primary N) is 1. The first-order chi connectivity index (χ1) is 8.27. The number of halogens is 1. The van der Waals surface area contributed by atoms with Crippen LogP contribution in [0.15, 0.2) is 36.7 Å². The van der Waals surface area contributed by atoms with Gasteiger partial charge in [-0.15, -0.1) is 0 Å². The number of hydrogen-bond acceptors (Lipinski definition) is 3. The summed E-state index contributed by atoms with van der Waals surface area (Å²) >= 11 is 6.31.